The van der Waals surface area contributed by atoms with Gasteiger partial charge in [0.2, 0.25) is 17.8 Å². The lowest BCUT2D eigenvalue weighted by Crippen LogP contribution is -2.44. The highest BCUT2D eigenvalue weighted by atomic mass is 19.2. The number of likely N-dealkylation sites (tertiary alicyclic amines) is 1. The largest absolute Gasteiger partial charge is 0.342 e. The Balaban J connectivity index is 1.45. The molecule has 1 saturated heterocycles. The lowest BCUT2D eigenvalue weighted by Gasteiger charge is -2.32. The molecule has 1 aromatic carbocycles. The lowest BCUT2D eigenvalue weighted by atomic mass is 9.97. The molecule has 1 atom stereocenters. The third-order valence-electron chi connectivity index (χ3n) is 4.80. The number of benzene rings is 1. The highest BCUT2D eigenvalue weighted by Crippen LogP contribution is 2.32. The molecule has 6 nitrogen and oxygen atoms in total. The summed E-state index contributed by atoms with van der Waals surface area (Å²) < 4.78 is 26.5. The number of fused-ring (bicyclic) bond motifs is 1. The van der Waals surface area contributed by atoms with Gasteiger partial charge in [-0.2, -0.15) is 0 Å². The summed E-state index contributed by atoms with van der Waals surface area (Å²) in [6, 6.07) is 1.98. The van der Waals surface area contributed by atoms with Crippen LogP contribution in [0, 0.1) is 23.5 Å². The Labute approximate surface area is 142 Å². The molecule has 1 aromatic heterocycles. The van der Waals surface area contributed by atoms with Gasteiger partial charge < -0.3 is 9.88 Å². The van der Waals surface area contributed by atoms with Crippen molar-refractivity contribution in [1.29, 1.82) is 0 Å². The fraction of sp³-hybridized carbons (Fsp3) is 0.471. The van der Waals surface area contributed by atoms with E-state index in [9.17, 15) is 18.4 Å². The molecule has 1 aliphatic heterocycles. The molecule has 2 heterocycles. The molecule has 2 N–H and O–H groups in total. The second-order valence-electron chi connectivity index (χ2n) is 6.76. The monoisotopic (exact) mass is 348 g/mol. The Morgan fingerprint density at radius 2 is 1.92 bits per heavy atom. The summed E-state index contributed by atoms with van der Waals surface area (Å²) >= 11 is 0. The van der Waals surface area contributed by atoms with Gasteiger partial charge in [0, 0.05) is 31.1 Å². The molecule has 2 aromatic rings. The quantitative estimate of drug-likeness (QED) is 0.894. The fourth-order valence-electron chi connectivity index (χ4n) is 3.26. The molecule has 1 saturated carbocycles. The third-order valence-corrected chi connectivity index (χ3v) is 4.80. The summed E-state index contributed by atoms with van der Waals surface area (Å²) in [6.07, 6.45) is 3.37. The molecule has 1 aliphatic carbocycles. The maximum atomic E-state index is 13.3. The van der Waals surface area contributed by atoms with Gasteiger partial charge >= 0.3 is 0 Å². The molecular formula is C17H18F2N4O2. The third kappa shape index (κ3) is 3.20. The van der Waals surface area contributed by atoms with E-state index < -0.39 is 11.6 Å². The van der Waals surface area contributed by atoms with Crippen LogP contribution in [0.5, 0.6) is 0 Å². The van der Waals surface area contributed by atoms with E-state index >= 15 is 0 Å². The van der Waals surface area contributed by atoms with Gasteiger partial charge in [-0.3, -0.25) is 14.9 Å². The highest BCUT2D eigenvalue weighted by Gasteiger charge is 2.36. The normalized spacial score (nSPS) is 20.7. The van der Waals surface area contributed by atoms with Gasteiger partial charge in [-0.15, -0.1) is 0 Å². The number of H-pyrrole nitrogens is 1. The van der Waals surface area contributed by atoms with Gasteiger partial charge in [0.25, 0.3) is 0 Å². The zero-order chi connectivity index (χ0) is 17.6. The first kappa shape index (κ1) is 16.0. The number of aromatic nitrogens is 2. The minimum absolute atomic E-state index is 0.141. The number of nitrogens with zero attached hydrogens (tertiary/aromatic N) is 2. The number of hydrogen-bond acceptors (Lipinski definition) is 3. The van der Waals surface area contributed by atoms with Crippen molar-refractivity contribution in [1.82, 2.24) is 14.9 Å². The van der Waals surface area contributed by atoms with Crippen molar-refractivity contribution in [2.24, 2.45) is 11.8 Å². The van der Waals surface area contributed by atoms with E-state index in [0.29, 0.717) is 25.0 Å². The number of aromatic amines is 1. The molecule has 0 spiro atoms. The number of halogens is 2. The van der Waals surface area contributed by atoms with E-state index in [4.69, 9.17) is 0 Å². The van der Waals surface area contributed by atoms with Gasteiger partial charge in [0.1, 0.15) is 0 Å². The van der Waals surface area contributed by atoms with Crippen molar-refractivity contribution in [2.45, 2.75) is 25.7 Å². The fourth-order valence-corrected chi connectivity index (χ4v) is 3.26. The predicted molar refractivity (Wildman–Crippen MR) is 86.7 cm³/mol. The summed E-state index contributed by atoms with van der Waals surface area (Å²) in [5, 5.41) is 2.66. The molecule has 1 unspecified atom stereocenters. The molecular weight excluding hydrogens is 330 g/mol. The van der Waals surface area contributed by atoms with E-state index in [2.05, 4.69) is 15.3 Å². The number of amides is 2. The van der Waals surface area contributed by atoms with Crippen LogP contribution in [-0.4, -0.2) is 39.8 Å². The highest BCUT2D eigenvalue weighted by molar-refractivity contribution is 5.93. The molecule has 4 rings (SSSR count). The Bertz CT molecular complexity index is 808. The summed E-state index contributed by atoms with van der Waals surface area (Å²) in [4.78, 5) is 33.3. The summed E-state index contributed by atoms with van der Waals surface area (Å²) in [6.45, 7) is 1.10. The van der Waals surface area contributed by atoms with Gasteiger partial charge in [-0.1, -0.05) is 0 Å². The molecule has 2 aliphatic rings. The number of rotatable bonds is 3. The molecule has 2 fully saturated rings. The van der Waals surface area contributed by atoms with Gasteiger partial charge in [0.15, 0.2) is 11.6 Å². The molecule has 25 heavy (non-hydrogen) atoms. The number of hydrogen-bond donors (Lipinski definition) is 2. The molecule has 0 bridgehead atoms. The number of piperidine rings is 1. The first-order valence-electron chi connectivity index (χ1n) is 8.45. The van der Waals surface area contributed by atoms with Crippen LogP contribution in [0.1, 0.15) is 25.7 Å². The summed E-state index contributed by atoms with van der Waals surface area (Å²) in [5.41, 5.74) is 0.548. The molecule has 8 heteroatoms. The number of carbonyl (C=O) groups is 2. The number of anilines is 1. The van der Waals surface area contributed by atoms with E-state index in [-0.39, 0.29) is 35.1 Å². The number of imidazole rings is 1. The zero-order valence-corrected chi connectivity index (χ0v) is 13.5. The van der Waals surface area contributed by atoms with E-state index in [0.717, 1.165) is 31.4 Å². The minimum atomic E-state index is -0.988. The average Bonchev–Trinajstić information content (AvgIpc) is 3.37. The van der Waals surface area contributed by atoms with E-state index in [1.54, 1.807) is 4.90 Å². The topological polar surface area (TPSA) is 78.1 Å². The van der Waals surface area contributed by atoms with Crippen LogP contribution in [-0.2, 0) is 9.59 Å². The van der Waals surface area contributed by atoms with Crippen LogP contribution >= 0.6 is 0 Å². The predicted octanol–water partition coefficient (Wildman–Crippen LogP) is 2.43. The zero-order valence-electron chi connectivity index (χ0n) is 13.5. The Kier molecular flexibility index (Phi) is 3.89. The van der Waals surface area contributed by atoms with Crippen molar-refractivity contribution < 1.29 is 18.4 Å². The molecule has 132 valence electrons. The van der Waals surface area contributed by atoms with Crippen molar-refractivity contribution in [3.05, 3.63) is 23.8 Å². The van der Waals surface area contributed by atoms with E-state index in [1.165, 1.54) is 0 Å². The standard InChI is InChI=1S/C17H18F2N4O2/c18-11-6-13-14(7-12(11)19)21-17(20-13)22-15(24)10-2-1-5-23(8-10)16(25)9-3-4-9/h6-7,9-10H,1-5,8H2,(H2,20,21,22,24). The number of nitrogens with one attached hydrogen (secondary N) is 2. The smallest absolute Gasteiger partial charge is 0.231 e. The van der Waals surface area contributed by atoms with Gasteiger partial charge in [0.05, 0.1) is 17.0 Å². The SMILES string of the molecule is O=C(Nc1nc2cc(F)c(F)cc2[nH]1)C1CCCN(C(=O)C2CC2)C1. The Morgan fingerprint density at radius 1 is 1.16 bits per heavy atom. The lowest BCUT2D eigenvalue weighted by molar-refractivity contribution is -0.135. The van der Waals surface area contributed by atoms with Crippen LogP contribution < -0.4 is 5.32 Å². The molecule has 0 radical (unpaired) electrons. The van der Waals surface area contributed by atoms with Crippen molar-refractivity contribution in [3.63, 3.8) is 0 Å². The second kappa shape index (κ2) is 6.09. The van der Waals surface area contributed by atoms with Crippen LogP contribution in [0.2, 0.25) is 0 Å². The number of carbonyl (C=O) groups excluding carboxylic acids is 2. The maximum Gasteiger partial charge on any atom is 0.231 e. The van der Waals surface area contributed by atoms with Crippen LogP contribution in [0.15, 0.2) is 12.1 Å². The van der Waals surface area contributed by atoms with Gasteiger partial charge in [-0.05, 0) is 25.7 Å². The average molecular weight is 348 g/mol. The van der Waals surface area contributed by atoms with Crippen LogP contribution in [0.25, 0.3) is 11.0 Å². The van der Waals surface area contributed by atoms with Crippen molar-refractivity contribution in [2.75, 3.05) is 18.4 Å². The summed E-state index contributed by atoms with van der Waals surface area (Å²) in [7, 11) is 0. The minimum Gasteiger partial charge on any atom is -0.342 e. The van der Waals surface area contributed by atoms with Crippen molar-refractivity contribution >= 4 is 28.8 Å². The Morgan fingerprint density at radius 3 is 2.68 bits per heavy atom. The summed E-state index contributed by atoms with van der Waals surface area (Å²) in [5.74, 6) is -2.08. The van der Waals surface area contributed by atoms with E-state index in [1.807, 2.05) is 0 Å². The first-order chi connectivity index (χ1) is 12.0. The second-order valence-corrected chi connectivity index (χ2v) is 6.76. The molecule has 2 amide bonds. The van der Waals surface area contributed by atoms with Crippen molar-refractivity contribution in [3.8, 4) is 0 Å². The van der Waals surface area contributed by atoms with Gasteiger partial charge in [-0.25, -0.2) is 13.8 Å². The first-order valence-corrected chi connectivity index (χ1v) is 8.45. The Hall–Kier alpha value is -2.51. The maximum absolute atomic E-state index is 13.3. The van der Waals surface area contributed by atoms with Crippen LogP contribution in [0.3, 0.4) is 0 Å². The van der Waals surface area contributed by atoms with Crippen LogP contribution in [0.4, 0.5) is 14.7 Å².